The molecule has 0 aliphatic carbocycles. The van der Waals surface area contributed by atoms with E-state index in [1.165, 1.54) is 5.56 Å². The second kappa shape index (κ2) is 11.8. The molecule has 3 nitrogen and oxygen atoms in total. The Labute approximate surface area is 112 Å². The van der Waals surface area contributed by atoms with Gasteiger partial charge in [0.15, 0.2) is 0 Å². The van der Waals surface area contributed by atoms with E-state index in [2.05, 4.69) is 31.1 Å². The number of aryl methyl sites for hydroxylation is 2. The van der Waals surface area contributed by atoms with Crippen LogP contribution in [-0.4, -0.2) is 11.6 Å². The van der Waals surface area contributed by atoms with Crippen molar-refractivity contribution in [3.05, 3.63) is 48.1 Å². The summed E-state index contributed by atoms with van der Waals surface area (Å²) in [6.07, 6.45) is 6.87. The van der Waals surface area contributed by atoms with Crippen molar-refractivity contribution in [3.63, 3.8) is 0 Å². The third-order valence-electron chi connectivity index (χ3n) is 2.00. The summed E-state index contributed by atoms with van der Waals surface area (Å²) in [5.74, 6) is 0. The lowest BCUT2D eigenvalue weighted by Crippen LogP contribution is -2.03. The fourth-order valence-electron chi connectivity index (χ4n) is 1.03. The van der Waals surface area contributed by atoms with Gasteiger partial charge in [-0.15, -0.1) is 0 Å². The lowest BCUT2D eigenvalue weighted by Gasteiger charge is -1.98. The molecule has 0 bridgehead atoms. The van der Waals surface area contributed by atoms with Crippen molar-refractivity contribution in [1.82, 2.24) is 9.88 Å². The topological polar surface area (TPSA) is 43.0 Å². The summed E-state index contributed by atoms with van der Waals surface area (Å²) in [4.78, 5) is 0. The summed E-state index contributed by atoms with van der Waals surface area (Å²) < 4.78 is 2.04. The van der Waals surface area contributed by atoms with Crippen molar-refractivity contribution in [2.45, 2.75) is 34.1 Å². The van der Waals surface area contributed by atoms with Gasteiger partial charge in [0.25, 0.3) is 0 Å². The van der Waals surface area contributed by atoms with Crippen LogP contribution in [0.3, 0.4) is 0 Å². The lowest BCUT2D eigenvalue weighted by atomic mass is 10.3. The van der Waals surface area contributed by atoms with Crippen LogP contribution in [0.4, 0.5) is 0 Å². The summed E-state index contributed by atoms with van der Waals surface area (Å²) in [5.41, 5.74) is 8.53. The molecule has 0 fully saturated rings. The van der Waals surface area contributed by atoms with Crippen molar-refractivity contribution >= 4 is 0 Å². The first-order valence-corrected chi connectivity index (χ1v) is 6.32. The maximum atomic E-state index is 5.39. The van der Waals surface area contributed by atoms with E-state index in [0.29, 0.717) is 0 Å². The van der Waals surface area contributed by atoms with Crippen molar-refractivity contribution in [2.75, 3.05) is 7.05 Å². The van der Waals surface area contributed by atoms with Gasteiger partial charge < -0.3 is 15.6 Å². The molecule has 1 rings (SSSR count). The fourth-order valence-corrected chi connectivity index (χ4v) is 1.03. The van der Waals surface area contributed by atoms with Gasteiger partial charge in [-0.25, -0.2) is 0 Å². The van der Waals surface area contributed by atoms with Crippen molar-refractivity contribution in [1.29, 1.82) is 0 Å². The molecule has 1 aromatic rings. The Kier molecular flexibility index (Phi) is 12.3. The molecule has 0 spiro atoms. The zero-order valence-corrected chi connectivity index (χ0v) is 12.7. The van der Waals surface area contributed by atoms with Gasteiger partial charge in [-0.1, -0.05) is 26.5 Å². The zero-order chi connectivity index (χ0) is 14.6. The van der Waals surface area contributed by atoms with E-state index in [4.69, 9.17) is 5.73 Å². The Morgan fingerprint density at radius 2 is 2.06 bits per heavy atom. The molecule has 0 amide bonds. The molecule has 0 unspecified atom stereocenters. The molecule has 0 saturated carbocycles. The van der Waals surface area contributed by atoms with Crippen molar-refractivity contribution < 1.29 is 0 Å². The highest BCUT2D eigenvalue weighted by Gasteiger charge is 1.83. The first-order valence-electron chi connectivity index (χ1n) is 6.32. The highest BCUT2D eigenvalue weighted by Crippen LogP contribution is 1.94. The summed E-state index contributed by atoms with van der Waals surface area (Å²) >= 11 is 0. The molecule has 0 aliphatic heterocycles. The van der Waals surface area contributed by atoms with Gasteiger partial charge in [-0.2, -0.15) is 0 Å². The SMILES string of the molecule is C=C(C/C=C(/C)N)NC.CC.Cc1ccn(C)c1. The standard InChI is InChI=1S/C7H14N2.C6H9N.C2H6/c1-6(8)4-5-7(2)9-3;1-6-3-4-7(2)5-6;1-2/h4,9H,2,5,8H2,1,3H3;3-5H,1-2H3;1-2H3/b6-4-;;. The van der Waals surface area contributed by atoms with Gasteiger partial charge in [-0.05, 0) is 25.5 Å². The molecule has 3 N–H and O–H groups in total. The zero-order valence-electron chi connectivity index (χ0n) is 12.7. The largest absolute Gasteiger partial charge is 0.403 e. The smallest absolute Gasteiger partial charge is 0.0106 e. The summed E-state index contributed by atoms with van der Waals surface area (Å²) in [6.45, 7) is 11.7. The van der Waals surface area contributed by atoms with Crippen LogP contribution in [-0.2, 0) is 7.05 Å². The van der Waals surface area contributed by atoms with E-state index in [1.807, 2.05) is 51.7 Å². The van der Waals surface area contributed by atoms with E-state index in [9.17, 15) is 0 Å². The minimum atomic E-state index is 0.818. The fraction of sp³-hybridized carbons (Fsp3) is 0.467. The number of hydrogen-bond donors (Lipinski definition) is 2. The van der Waals surface area contributed by atoms with Gasteiger partial charge in [0.2, 0.25) is 0 Å². The van der Waals surface area contributed by atoms with Crippen LogP contribution in [0.25, 0.3) is 0 Å². The van der Waals surface area contributed by atoms with E-state index in [1.54, 1.807) is 0 Å². The predicted octanol–water partition coefficient (Wildman–Crippen LogP) is 3.33. The van der Waals surface area contributed by atoms with Crippen LogP contribution in [0.5, 0.6) is 0 Å². The first-order chi connectivity index (χ1) is 8.45. The maximum Gasteiger partial charge on any atom is 0.0106 e. The third kappa shape index (κ3) is 12.4. The number of nitrogens with zero attached hydrogens (tertiary/aromatic N) is 1. The van der Waals surface area contributed by atoms with Crippen LogP contribution < -0.4 is 11.1 Å². The Balaban J connectivity index is 0. The average molecular weight is 251 g/mol. The predicted molar refractivity (Wildman–Crippen MR) is 82.3 cm³/mol. The number of nitrogens with one attached hydrogen (secondary N) is 1. The minimum Gasteiger partial charge on any atom is -0.403 e. The quantitative estimate of drug-likeness (QED) is 0.865. The van der Waals surface area contributed by atoms with Crippen LogP contribution in [0.1, 0.15) is 32.8 Å². The maximum absolute atomic E-state index is 5.39. The Morgan fingerprint density at radius 1 is 1.50 bits per heavy atom. The van der Waals surface area contributed by atoms with E-state index in [0.717, 1.165) is 17.8 Å². The van der Waals surface area contributed by atoms with Crippen molar-refractivity contribution in [2.24, 2.45) is 12.8 Å². The summed E-state index contributed by atoms with van der Waals surface area (Å²) in [6, 6.07) is 2.08. The average Bonchev–Trinajstić information content (AvgIpc) is 2.73. The van der Waals surface area contributed by atoms with E-state index < -0.39 is 0 Å². The molecule has 104 valence electrons. The Bertz CT molecular complexity index is 328. The van der Waals surface area contributed by atoms with Gasteiger partial charge in [-0.3, -0.25) is 0 Å². The number of rotatable bonds is 3. The van der Waals surface area contributed by atoms with Crippen LogP contribution in [0.15, 0.2) is 42.5 Å². The first kappa shape index (κ1) is 18.7. The van der Waals surface area contributed by atoms with E-state index >= 15 is 0 Å². The Hall–Kier alpha value is -1.64. The number of allylic oxidation sites excluding steroid dienone is 2. The molecule has 0 saturated heterocycles. The van der Waals surface area contributed by atoms with Crippen LogP contribution in [0, 0.1) is 6.92 Å². The highest BCUT2D eigenvalue weighted by molar-refractivity contribution is 5.06. The summed E-state index contributed by atoms with van der Waals surface area (Å²) in [5, 5.41) is 2.93. The monoisotopic (exact) mass is 251 g/mol. The van der Waals surface area contributed by atoms with Gasteiger partial charge in [0.05, 0.1) is 0 Å². The molecule has 0 aromatic carbocycles. The third-order valence-corrected chi connectivity index (χ3v) is 2.00. The second-order valence-electron chi connectivity index (χ2n) is 3.86. The summed E-state index contributed by atoms with van der Waals surface area (Å²) in [7, 11) is 3.87. The second-order valence-corrected chi connectivity index (χ2v) is 3.86. The molecular formula is C15H29N3. The normalized spacial score (nSPS) is 9.56. The van der Waals surface area contributed by atoms with Gasteiger partial charge >= 0.3 is 0 Å². The van der Waals surface area contributed by atoms with Crippen LogP contribution in [0.2, 0.25) is 0 Å². The minimum absolute atomic E-state index is 0.818. The number of nitrogens with two attached hydrogens (primary N) is 1. The molecule has 1 aromatic heterocycles. The van der Waals surface area contributed by atoms with Crippen LogP contribution >= 0.6 is 0 Å². The van der Waals surface area contributed by atoms with Crippen molar-refractivity contribution in [3.8, 4) is 0 Å². The molecule has 1 heterocycles. The van der Waals surface area contributed by atoms with Gasteiger partial charge in [0.1, 0.15) is 0 Å². The van der Waals surface area contributed by atoms with E-state index in [-0.39, 0.29) is 0 Å². The van der Waals surface area contributed by atoms with Gasteiger partial charge in [0, 0.05) is 44.3 Å². The lowest BCUT2D eigenvalue weighted by molar-refractivity contribution is 0.925. The molecule has 0 radical (unpaired) electrons. The molecule has 18 heavy (non-hydrogen) atoms. The number of aromatic nitrogens is 1. The molecule has 3 heteroatoms. The molecule has 0 aliphatic rings. The number of hydrogen-bond acceptors (Lipinski definition) is 2. The molecular weight excluding hydrogens is 222 g/mol. The molecule has 0 atom stereocenters. The highest BCUT2D eigenvalue weighted by atomic mass is 14.9. The Morgan fingerprint density at radius 3 is 2.28 bits per heavy atom.